The number of ether oxygens (including phenoxy) is 4. The van der Waals surface area contributed by atoms with Gasteiger partial charge >= 0.3 is 17.6 Å². The van der Waals surface area contributed by atoms with Gasteiger partial charge in [0.2, 0.25) is 0 Å². The van der Waals surface area contributed by atoms with Gasteiger partial charge in [-0.2, -0.15) is 0 Å². The summed E-state index contributed by atoms with van der Waals surface area (Å²) in [7, 11) is 1.58. The highest BCUT2D eigenvalue weighted by Gasteiger charge is 2.57. The van der Waals surface area contributed by atoms with Gasteiger partial charge in [-0.3, -0.25) is 4.79 Å². The highest BCUT2D eigenvalue weighted by Crippen LogP contribution is 2.52. The minimum absolute atomic E-state index is 0.0193. The molecule has 4 aromatic carbocycles. The average Bonchev–Trinajstić information content (AvgIpc) is 3.83. The van der Waals surface area contributed by atoms with Crippen molar-refractivity contribution in [3.8, 4) is 5.75 Å². The molecular formula is C53H58O9. The molecule has 2 bridgehead atoms. The summed E-state index contributed by atoms with van der Waals surface area (Å²) in [6.45, 7) is 3.72. The van der Waals surface area contributed by atoms with Crippen LogP contribution in [0.3, 0.4) is 0 Å². The maximum atomic E-state index is 14.7. The molecule has 62 heavy (non-hydrogen) atoms. The van der Waals surface area contributed by atoms with Crippen LogP contribution in [0.15, 0.2) is 117 Å². The average molecular weight is 839 g/mol. The summed E-state index contributed by atoms with van der Waals surface area (Å²) in [6.07, 6.45) is 5.81. The Morgan fingerprint density at radius 3 is 2.31 bits per heavy atom. The summed E-state index contributed by atoms with van der Waals surface area (Å²) < 4.78 is 31.7. The summed E-state index contributed by atoms with van der Waals surface area (Å²) in [4.78, 5) is 42.9. The Bertz CT molecular complexity index is 2460. The van der Waals surface area contributed by atoms with Crippen LogP contribution in [0.2, 0.25) is 0 Å². The van der Waals surface area contributed by atoms with E-state index in [1.54, 1.807) is 20.1 Å². The number of hydrogen-bond donors (Lipinski definition) is 1. The first-order valence-electron chi connectivity index (χ1n) is 22.3. The largest absolute Gasteiger partial charge is 0.483 e. The number of fused-ring (bicyclic) bond motifs is 13. The molecule has 5 aromatic rings. The van der Waals surface area contributed by atoms with Crippen LogP contribution in [0, 0.1) is 11.8 Å². The van der Waals surface area contributed by atoms with E-state index < -0.39 is 35.4 Å². The molecule has 0 radical (unpaired) electrons. The van der Waals surface area contributed by atoms with E-state index in [4.69, 9.17) is 23.4 Å². The van der Waals surface area contributed by atoms with Gasteiger partial charge in [-0.15, -0.1) is 0 Å². The first kappa shape index (κ1) is 43.2. The van der Waals surface area contributed by atoms with Crippen molar-refractivity contribution >= 4 is 22.9 Å². The van der Waals surface area contributed by atoms with Crippen molar-refractivity contribution in [2.24, 2.45) is 11.8 Å². The van der Waals surface area contributed by atoms with E-state index in [1.807, 2.05) is 25.1 Å². The zero-order valence-electron chi connectivity index (χ0n) is 36.2. The molecule has 1 aliphatic carbocycles. The molecule has 1 N–H and O–H groups in total. The summed E-state index contributed by atoms with van der Waals surface area (Å²) in [6, 6.07) is 33.0. The molecule has 0 saturated heterocycles. The number of hydrogen-bond acceptors (Lipinski definition) is 9. The van der Waals surface area contributed by atoms with Crippen molar-refractivity contribution < 1.29 is 38.1 Å². The zero-order chi connectivity index (χ0) is 43.2. The van der Waals surface area contributed by atoms with Crippen molar-refractivity contribution in [1.29, 1.82) is 0 Å². The Hall–Kier alpha value is -5.51. The molecule has 1 aromatic heterocycles. The van der Waals surface area contributed by atoms with E-state index in [2.05, 4.69) is 72.8 Å². The van der Waals surface area contributed by atoms with Gasteiger partial charge in [0.05, 0.1) is 18.8 Å². The fourth-order valence-electron chi connectivity index (χ4n) is 9.85. The highest BCUT2D eigenvalue weighted by molar-refractivity contribution is 5.90. The van der Waals surface area contributed by atoms with E-state index in [9.17, 15) is 19.5 Å². The third-order valence-corrected chi connectivity index (χ3v) is 13.4. The Labute approximate surface area is 364 Å². The lowest BCUT2D eigenvalue weighted by Crippen LogP contribution is -2.58. The third-order valence-electron chi connectivity index (χ3n) is 13.4. The number of carbonyl (C=O) groups is 2. The van der Waals surface area contributed by atoms with Crippen molar-refractivity contribution in [2.45, 2.75) is 109 Å². The maximum absolute atomic E-state index is 14.7. The van der Waals surface area contributed by atoms with Crippen LogP contribution >= 0.6 is 0 Å². The second-order valence-corrected chi connectivity index (χ2v) is 17.7. The molecule has 4 aliphatic rings. The molecule has 9 nitrogen and oxygen atoms in total. The van der Waals surface area contributed by atoms with Crippen LogP contribution in [0.4, 0.5) is 0 Å². The number of aliphatic hydroxyl groups excluding tert-OH is 1. The van der Waals surface area contributed by atoms with Crippen molar-refractivity contribution in [2.75, 3.05) is 20.3 Å². The number of methoxy groups -OCH3 is 1. The first-order chi connectivity index (χ1) is 30.1. The predicted molar refractivity (Wildman–Crippen MR) is 238 cm³/mol. The normalized spacial score (nSPS) is 23.0. The van der Waals surface area contributed by atoms with E-state index in [0.717, 1.165) is 56.1 Å². The first-order valence-corrected chi connectivity index (χ1v) is 22.3. The zero-order valence-corrected chi connectivity index (χ0v) is 36.2. The molecule has 0 amide bonds. The quantitative estimate of drug-likeness (QED) is 0.0833. The smallest absolute Gasteiger partial charge is 0.339 e. The number of benzene rings is 4. The lowest BCUT2D eigenvalue weighted by molar-refractivity contribution is -0.199. The van der Waals surface area contributed by atoms with E-state index in [0.29, 0.717) is 65.7 Å². The van der Waals surface area contributed by atoms with Gasteiger partial charge in [0.15, 0.2) is 12.2 Å². The van der Waals surface area contributed by atoms with Crippen molar-refractivity contribution in [3.63, 3.8) is 0 Å². The molecule has 3 aliphatic heterocycles. The SMILES string of the molecule is COCCc1cc2ccc3c(c2oc1=O)[C@@H]1OC(=O)C[C@H](CCc2cccc(Cc4ccccc4)c2)Cc2ccc(cc2)CCC(=C(C)CO)C(=O)O[C@@H]1[C@](C)(C1CCCC1)O3. The Balaban J connectivity index is 1.20. The molecule has 0 unspecified atom stereocenters. The minimum Gasteiger partial charge on any atom is -0.483 e. The summed E-state index contributed by atoms with van der Waals surface area (Å²) in [5, 5.41) is 11.0. The lowest BCUT2D eigenvalue weighted by atomic mass is 9.76. The second kappa shape index (κ2) is 19.3. The molecule has 9 rings (SSSR count). The van der Waals surface area contributed by atoms with Crippen LogP contribution in [0.1, 0.15) is 104 Å². The van der Waals surface area contributed by atoms with Crippen LogP contribution < -0.4 is 10.4 Å². The molecule has 9 heteroatoms. The standard InChI is InChI=1S/C53H58O9/c1-34(33-54)44-24-22-35-16-18-38(19-17-35)30-40(21-20-37-12-9-13-39(29-37)28-36-10-5-4-6-11-36)31-46(55)59-49-47-45(25-23-41-32-42(26-27-58-3)51(56)60-48(41)47)62-53(2,43-14-7-8-15-43)50(49)61-52(44)57/h4-6,9-13,16-19,23,25,29,32,40,43,49-50,54H,7-8,14-15,20-22,24,26-28,30-31,33H2,1-3H3/t40-,49+,50+,53+/m1/s1. The van der Waals surface area contributed by atoms with E-state index in [1.165, 1.54) is 16.7 Å². The third kappa shape index (κ3) is 9.59. The molecule has 4 atom stereocenters. The van der Waals surface area contributed by atoms with Crippen molar-refractivity contribution in [3.05, 3.63) is 158 Å². The number of carbonyl (C=O) groups excluding carboxylic acids is 2. The predicted octanol–water partition coefficient (Wildman–Crippen LogP) is 9.55. The summed E-state index contributed by atoms with van der Waals surface area (Å²) in [5.74, 6) is -0.709. The highest BCUT2D eigenvalue weighted by atomic mass is 16.6. The van der Waals surface area contributed by atoms with Crippen LogP contribution in [0.5, 0.6) is 5.75 Å². The second-order valence-electron chi connectivity index (χ2n) is 17.7. The van der Waals surface area contributed by atoms with Crippen LogP contribution in [0.25, 0.3) is 11.0 Å². The number of aliphatic hydroxyl groups is 1. The minimum atomic E-state index is -1.16. The Morgan fingerprint density at radius 1 is 0.806 bits per heavy atom. The van der Waals surface area contributed by atoms with Gasteiger partial charge in [0, 0.05) is 42.4 Å². The molecule has 0 spiro atoms. The van der Waals surface area contributed by atoms with E-state index in [-0.39, 0.29) is 30.4 Å². The fraction of sp³-hybridized carbons (Fsp3) is 0.415. The Kier molecular flexibility index (Phi) is 13.4. The maximum Gasteiger partial charge on any atom is 0.339 e. The van der Waals surface area contributed by atoms with Crippen LogP contribution in [-0.2, 0) is 55.9 Å². The van der Waals surface area contributed by atoms with Crippen LogP contribution in [-0.4, -0.2) is 49.1 Å². The van der Waals surface area contributed by atoms with Gasteiger partial charge in [-0.1, -0.05) is 91.7 Å². The van der Waals surface area contributed by atoms with Gasteiger partial charge in [0.25, 0.3) is 0 Å². The number of aryl methyl sites for hydroxylation is 2. The lowest BCUT2D eigenvalue weighted by Gasteiger charge is -2.48. The topological polar surface area (TPSA) is 122 Å². The van der Waals surface area contributed by atoms with Gasteiger partial charge in [-0.25, -0.2) is 9.59 Å². The number of esters is 2. The number of rotatable bonds is 10. The van der Waals surface area contributed by atoms with E-state index >= 15 is 0 Å². The summed E-state index contributed by atoms with van der Waals surface area (Å²) >= 11 is 0. The monoisotopic (exact) mass is 838 g/mol. The fourth-order valence-corrected chi connectivity index (χ4v) is 9.85. The van der Waals surface area contributed by atoms with Gasteiger partial charge < -0.3 is 28.5 Å². The molecule has 1 saturated carbocycles. The van der Waals surface area contributed by atoms with Crippen molar-refractivity contribution in [1.82, 2.24) is 0 Å². The van der Waals surface area contributed by atoms with Gasteiger partial charge in [0.1, 0.15) is 16.9 Å². The molecule has 4 heterocycles. The summed E-state index contributed by atoms with van der Waals surface area (Å²) in [5.41, 5.74) is 6.17. The Morgan fingerprint density at radius 2 is 1.55 bits per heavy atom. The molecular weight excluding hydrogens is 781 g/mol. The molecule has 1 fully saturated rings. The molecule has 324 valence electrons. The van der Waals surface area contributed by atoms with Gasteiger partial charge in [-0.05, 0) is 123 Å².